The second kappa shape index (κ2) is 11.3. The molecule has 0 atom stereocenters. The van der Waals surface area contributed by atoms with Crippen LogP contribution in [0, 0.1) is 0 Å². The summed E-state index contributed by atoms with van der Waals surface area (Å²) in [6.07, 6.45) is 1.87. The number of benzene rings is 3. The van der Waals surface area contributed by atoms with Gasteiger partial charge in [-0.05, 0) is 25.0 Å². The molecule has 0 spiro atoms. The van der Waals surface area contributed by atoms with Crippen LogP contribution in [0.25, 0.3) is 10.8 Å². The molecule has 0 saturated carbocycles. The monoisotopic (exact) mass is 396 g/mol. The van der Waals surface area contributed by atoms with Crippen molar-refractivity contribution in [3.05, 3.63) is 60.7 Å². The van der Waals surface area contributed by atoms with Crippen LogP contribution in [0.3, 0.4) is 0 Å². The Morgan fingerprint density at radius 3 is 1.97 bits per heavy atom. The van der Waals surface area contributed by atoms with Gasteiger partial charge < -0.3 is 23.7 Å². The highest BCUT2D eigenvalue weighted by Crippen LogP contribution is 2.43. The first kappa shape index (κ1) is 21.0. The summed E-state index contributed by atoms with van der Waals surface area (Å²) in [5.74, 6) is 2.60. The molecule has 0 N–H and O–H groups in total. The van der Waals surface area contributed by atoms with Crippen LogP contribution in [0.4, 0.5) is 0 Å². The minimum atomic E-state index is 0.156. The molecule has 0 aliphatic carbocycles. The summed E-state index contributed by atoms with van der Waals surface area (Å²) in [5.41, 5.74) is 0. The van der Waals surface area contributed by atoms with Gasteiger partial charge in [-0.3, -0.25) is 0 Å². The Morgan fingerprint density at radius 2 is 1.28 bits per heavy atom. The van der Waals surface area contributed by atoms with Crippen molar-refractivity contribution >= 4 is 10.8 Å². The lowest BCUT2D eigenvalue weighted by atomic mass is 10.1. The first-order chi connectivity index (χ1) is 14.3. The zero-order valence-electron chi connectivity index (χ0n) is 17.1. The molecule has 0 aliphatic rings. The molecule has 0 heterocycles. The summed E-state index contributed by atoms with van der Waals surface area (Å²) in [4.78, 5) is 0. The maximum Gasteiger partial charge on any atom is 0.189 e. The summed E-state index contributed by atoms with van der Waals surface area (Å²) in [6.45, 7) is 5.76. The predicted molar refractivity (Wildman–Crippen MR) is 114 cm³/mol. The van der Waals surface area contributed by atoms with E-state index in [1.165, 1.54) is 0 Å². The quantitative estimate of drug-likeness (QED) is 0.271. The SMILES string of the molecule is CCCOCOc1cc(Oc2ccccc2)c(OCOCCC)c2ccccc12. The molecule has 0 saturated heterocycles. The molecular formula is C24H28O5. The van der Waals surface area contributed by atoms with Crippen molar-refractivity contribution in [2.75, 3.05) is 26.8 Å². The molecule has 154 valence electrons. The normalized spacial score (nSPS) is 10.8. The maximum atomic E-state index is 6.14. The zero-order chi connectivity index (χ0) is 20.3. The molecule has 3 aromatic carbocycles. The van der Waals surface area contributed by atoms with E-state index in [0.717, 1.165) is 29.4 Å². The Hall–Kier alpha value is -2.76. The van der Waals surface area contributed by atoms with Crippen LogP contribution >= 0.6 is 0 Å². The number of para-hydroxylation sites is 1. The number of fused-ring (bicyclic) bond motifs is 1. The van der Waals surface area contributed by atoms with Crippen LogP contribution in [0.15, 0.2) is 60.7 Å². The number of hydrogen-bond acceptors (Lipinski definition) is 5. The standard InChI is InChI=1S/C24H28O5/c1-3-14-25-17-27-22-16-23(29-19-10-6-5-7-11-19)24(28-18-26-15-4-2)21-13-9-8-12-20(21)22/h5-13,16H,3-4,14-15,17-18H2,1-2H3. The van der Waals surface area contributed by atoms with Gasteiger partial charge in [0.25, 0.3) is 0 Å². The van der Waals surface area contributed by atoms with Gasteiger partial charge in [0, 0.05) is 16.8 Å². The van der Waals surface area contributed by atoms with Crippen LogP contribution in [-0.2, 0) is 9.47 Å². The third kappa shape index (κ3) is 5.86. The van der Waals surface area contributed by atoms with E-state index in [4.69, 9.17) is 23.7 Å². The van der Waals surface area contributed by atoms with E-state index in [0.29, 0.717) is 30.5 Å². The smallest absolute Gasteiger partial charge is 0.189 e. The van der Waals surface area contributed by atoms with Gasteiger partial charge in [-0.2, -0.15) is 0 Å². The molecular weight excluding hydrogens is 368 g/mol. The summed E-state index contributed by atoms with van der Waals surface area (Å²) < 4.78 is 29.1. The van der Waals surface area contributed by atoms with Gasteiger partial charge in [-0.1, -0.05) is 56.3 Å². The maximum absolute atomic E-state index is 6.14. The average molecular weight is 396 g/mol. The van der Waals surface area contributed by atoms with Gasteiger partial charge in [0.05, 0.1) is 13.2 Å². The van der Waals surface area contributed by atoms with Crippen molar-refractivity contribution in [1.29, 1.82) is 0 Å². The minimum Gasteiger partial charge on any atom is -0.467 e. The van der Waals surface area contributed by atoms with Crippen molar-refractivity contribution in [3.8, 4) is 23.0 Å². The van der Waals surface area contributed by atoms with Crippen LogP contribution in [-0.4, -0.2) is 26.8 Å². The number of rotatable bonds is 12. The van der Waals surface area contributed by atoms with E-state index in [1.807, 2.05) is 60.7 Å². The summed E-state index contributed by atoms with van der Waals surface area (Å²) in [6, 6.07) is 19.4. The predicted octanol–water partition coefficient (Wildman–Crippen LogP) is 6.16. The van der Waals surface area contributed by atoms with Crippen molar-refractivity contribution in [1.82, 2.24) is 0 Å². The van der Waals surface area contributed by atoms with Crippen molar-refractivity contribution in [2.45, 2.75) is 26.7 Å². The average Bonchev–Trinajstić information content (AvgIpc) is 2.76. The van der Waals surface area contributed by atoms with Gasteiger partial charge in [0.1, 0.15) is 11.5 Å². The van der Waals surface area contributed by atoms with E-state index < -0.39 is 0 Å². The first-order valence-electron chi connectivity index (χ1n) is 10.0. The molecule has 0 aliphatic heterocycles. The second-order valence-corrected chi connectivity index (χ2v) is 6.50. The van der Waals surface area contributed by atoms with Crippen molar-refractivity contribution < 1.29 is 23.7 Å². The molecule has 3 rings (SSSR count). The lowest BCUT2D eigenvalue weighted by Gasteiger charge is -2.18. The van der Waals surface area contributed by atoms with Crippen LogP contribution in [0.1, 0.15) is 26.7 Å². The minimum absolute atomic E-state index is 0.156. The molecule has 0 aromatic heterocycles. The van der Waals surface area contributed by atoms with Crippen LogP contribution in [0.2, 0.25) is 0 Å². The molecule has 0 bridgehead atoms. The highest BCUT2D eigenvalue weighted by molar-refractivity contribution is 5.95. The lowest BCUT2D eigenvalue weighted by Crippen LogP contribution is -2.07. The van der Waals surface area contributed by atoms with Gasteiger partial charge in [-0.15, -0.1) is 0 Å². The van der Waals surface area contributed by atoms with E-state index in [2.05, 4.69) is 13.8 Å². The summed E-state index contributed by atoms with van der Waals surface area (Å²) in [7, 11) is 0. The Bertz CT molecular complexity index is 879. The van der Waals surface area contributed by atoms with Gasteiger partial charge >= 0.3 is 0 Å². The third-order valence-corrected chi connectivity index (χ3v) is 4.18. The molecule has 0 amide bonds. The molecule has 0 radical (unpaired) electrons. The van der Waals surface area contributed by atoms with Gasteiger partial charge in [0.15, 0.2) is 25.1 Å². The Labute approximate surface area is 172 Å². The summed E-state index contributed by atoms with van der Waals surface area (Å²) >= 11 is 0. The topological polar surface area (TPSA) is 46.2 Å². The van der Waals surface area contributed by atoms with Crippen molar-refractivity contribution in [3.63, 3.8) is 0 Å². The fourth-order valence-electron chi connectivity index (χ4n) is 2.86. The third-order valence-electron chi connectivity index (χ3n) is 4.18. The number of hydrogen-bond donors (Lipinski definition) is 0. The van der Waals surface area contributed by atoms with Crippen LogP contribution in [0.5, 0.6) is 23.0 Å². The van der Waals surface area contributed by atoms with E-state index in [-0.39, 0.29) is 13.6 Å². The van der Waals surface area contributed by atoms with Crippen molar-refractivity contribution in [2.24, 2.45) is 0 Å². The fourth-order valence-corrected chi connectivity index (χ4v) is 2.86. The second-order valence-electron chi connectivity index (χ2n) is 6.50. The fraction of sp³-hybridized carbons (Fsp3) is 0.333. The lowest BCUT2D eigenvalue weighted by molar-refractivity contribution is 0.0138. The largest absolute Gasteiger partial charge is 0.467 e. The molecule has 3 aromatic rings. The molecule has 0 fully saturated rings. The molecule has 0 unspecified atom stereocenters. The van der Waals surface area contributed by atoms with E-state index in [1.54, 1.807) is 0 Å². The molecule has 5 heteroatoms. The Morgan fingerprint density at radius 1 is 0.655 bits per heavy atom. The first-order valence-corrected chi connectivity index (χ1v) is 10.0. The van der Waals surface area contributed by atoms with E-state index >= 15 is 0 Å². The summed E-state index contributed by atoms with van der Waals surface area (Å²) in [5, 5.41) is 1.82. The Kier molecular flexibility index (Phi) is 8.16. The molecule has 29 heavy (non-hydrogen) atoms. The van der Waals surface area contributed by atoms with Crippen LogP contribution < -0.4 is 14.2 Å². The molecule has 5 nitrogen and oxygen atoms in total. The van der Waals surface area contributed by atoms with E-state index in [9.17, 15) is 0 Å². The highest BCUT2D eigenvalue weighted by Gasteiger charge is 2.16. The highest BCUT2D eigenvalue weighted by atomic mass is 16.7. The zero-order valence-corrected chi connectivity index (χ0v) is 17.1. The van der Waals surface area contributed by atoms with Gasteiger partial charge in [0.2, 0.25) is 0 Å². The van der Waals surface area contributed by atoms with Gasteiger partial charge in [-0.25, -0.2) is 0 Å². The Balaban J connectivity index is 1.95. The number of ether oxygens (including phenoxy) is 5.